The second kappa shape index (κ2) is 16.1. The van der Waals surface area contributed by atoms with Gasteiger partial charge in [-0.25, -0.2) is 4.39 Å². The molecular formula is C28H34FN6O4S+. The Hall–Kier alpha value is -4.13. The highest BCUT2D eigenvalue weighted by molar-refractivity contribution is 7.15. The number of aromatic nitrogens is 2. The molecule has 0 radical (unpaired) electrons. The number of nitrogens with zero attached hydrogens (tertiary/aromatic N) is 2. The van der Waals surface area contributed by atoms with Gasteiger partial charge in [0.15, 0.2) is 11.6 Å². The number of unbranched alkanes of at least 4 members (excludes halogenated alkanes) is 1. The Bertz CT molecular complexity index is 1330. The Morgan fingerprint density at radius 1 is 1.05 bits per heavy atom. The van der Waals surface area contributed by atoms with Gasteiger partial charge in [-0.05, 0) is 48.6 Å². The van der Waals surface area contributed by atoms with Crippen LogP contribution in [0.25, 0.3) is 0 Å². The van der Waals surface area contributed by atoms with Crippen molar-refractivity contribution < 1.29 is 29.6 Å². The molecule has 3 aromatic rings. The number of benzene rings is 2. The smallest absolute Gasteiger partial charge is 0.232 e. The molecule has 3 rings (SSSR count). The van der Waals surface area contributed by atoms with Gasteiger partial charge in [-0.2, -0.15) is 0 Å². The fourth-order valence-corrected chi connectivity index (χ4v) is 4.42. The molecule has 0 aliphatic rings. The first kappa shape index (κ1) is 30.4. The van der Waals surface area contributed by atoms with E-state index in [4.69, 9.17) is 15.6 Å². The number of halogens is 1. The number of nitrogens with one attached hydrogen (secondary N) is 2. The molecule has 0 fully saturated rings. The van der Waals surface area contributed by atoms with Crippen molar-refractivity contribution in [2.75, 3.05) is 18.5 Å². The number of aliphatic hydroxyl groups excluding tert-OH is 1. The predicted molar refractivity (Wildman–Crippen MR) is 150 cm³/mol. The van der Waals surface area contributed by atoms with E-state index in [2.05, 4.69) is 26.6 Å². The van der Waals surface area contributed by atoms with Gasteiger partial charge in [-0.1, -0.05) is 47.7 Å². The number of aliphatic hydroxyl groups is 1. The molecule has 40 heavy (non-hydrogen) atoms. The molecular weight excluding hydrogens is 535 g/mol. The fourth-order valence-electron chi connectivity index (χ4n) is 3.62. The van der Waals surface area contributed by atoms with Crippen LogP contribution in [0.3, 0.4) is 0 Å². The summed E-state index contributed by atoms with van der Waals surface area (Å²) in [4.78, 5) is 24.5. The average Bonchev–Trinajstić information content (AvgIpc) is 3.37. The number of rotatable bonds is 15. The first-order valence-corrected chi connectivity index (χ1v) is 13.6. The zero-order valence-electron chi connectivity index (χ0n) is 22.1. The lowest BCUT2D eigenvalue weighted by atomic mass is 10.1. The van der Waals surface area contributed by atoms with Crippen molar-refractivity contribution in [3.8, 4) is 5.75 Å². The van der Waals surface area contributed by atoms with Gasteiger partial charge in [-0.15, -0.1) is 10.2 Å². The van der Waals surface area contributed by atoms with Gasteiger partial charge in [0.05, 0.1) is 19.4 Å². The number of carbonyl (C=O) groups excluding carboxylic acids is 2. The van der Waals surface area contributed by atoms with Crippen LogP contribution in [-0.2, 0) is 28.9 Å². The zero-order chi connectivity index (χ0) is 28.7. The molecule has 1 heterocycles. The van der Waals surface area contributed by atoms with Crippen molar-refractivity contribution in [1.82, 2.24) is 15.5 Å². The van der Waals surface area contributed by atoms with Gasteiger partial charge in [0.25, 0.3) is 0 Å². The van der Waals surface area contributed by atoms with E-state index < -0.39 is 5.82 Å². The van der Waals surface area contributed by atoms with Crippen LogP contribution in [-0.4, -0.2) is 40.3 Å². The van der Waals surface area contributed by atoms with E-state index in [1.54, 1.807) is 12.2 Å². The molecule has 2 aromatic carbocycles. The average molecular weight is 570 g/mol. The standard InChI is InChI=1S/C28H33FN6O4S/c29-22-12-10-20(16-23(22)39-15-14-36)18-26(38)33-28-35-34-27(40-28)9-5-4-8-21(30)11-13-24(31)32-25(37)17-19-6-2-1-3-7-19/h1-3,6-7,10-13,16,36H,4-5,8-9,14-15,17-18,30-31H2,(H,32,37)(H,33,35,38)/p+1/b21-11-,24-13+. The second-order valence-corrected chi connectivity index (χ2v) is 9.98. The van der Waals surface area contributed by atoms with Crippen LogP contribution >= 0.6 is 11.3 Å². The molecule has 0 saturated carbocycles. The Balaban J connectivity index is 1.36. The van der Waals surface area contributed by atoms with E-state index in [1.807, 2.05) is 30.3 Å². The van der Waals surface area contributed by atoms with Crippen molar-refractivity contribution >= 4 is 28.3 Å². The largest absolute Gasteiger partial charge is 0.488 e. The third kappa shape index (κ3) is 10.9. The van der Waals surface area contributed by atoms with Crippen LogP contribution in [0, 0.1) is 5.82 Å². The number of carbonyl (C=O) groups is 2. The Kier molecular flexibility index (Phi) is 12.2. The molecule has 0 bridgehead atoms. The highest BCUT2D eigenvalue weighted by Crippen LogP contribution is 2.21. The van der Waals surface area contributed by atoms with Crippen LogP contribution in [0.15, 0.2) is 72.2 Å². The second-order valence-electron chi connectivity index (χ2n) is 8.91. The third-order valence-electron chi connectivity index (χ3n) is 5.53. The summed E-state index contributed by atoms with van der Waals surface area (Å²) in [6.45, 7) is -0.272. The summed E-state index contributed by atoms with van der Waals surface area (Å²) in [6.07, 6.45) is 6.74. The van der Waals surface area contributed by atoms with Gasteiger partial charge in [0, 0.05) is 18.2 Å². The first-order valence-electron chi connectivity index (χ1n) is 12.8. The molecule has 0 spiro atoms. The lowest BCUT2D eigenvalue weighted by molar-refractivity contribution is -0.310. The Labute approximate surface area is 235 Å². The van der Waals surface area contributed by atoms with Gasteiger partial charge < -0.3 is 26.6 Å². The van der Waals surface area contributed by atoms with Gasteiger partial charge >= 0.3 is 0 Å². The van der Waals surface area contributed by atoms with Crippen molar-refractivity contribution in [3.63, 3.8) is 0 Å². The summed E-state index contributed by atoms with van der Waals surface area (Å²) in [5.74, 6) is -0.547. The van der Waals surface area contributed by atoms with E-state index in [1.165, 1.54) is 29.5 Å². The number of quaternary nitrogens is 1. The highest BCUT2D eigenvalue weighted by Gasteiger charge is 2.12. The number of aryl methyl sites for hydroxylation is 1. The maximum absolute atomic E-state index is 13.8. The van der Waals surface area contributed by atoms with Crippen LogP contribution in [0.4, 0.5) is 9.52 Å². The van der Waals surface area contributed by atoms with Crippen molar-refractivity contribution in [1.29, 1.82) is 0 Å². The summed E-state index contributed by atoms with van der Waals surface area (Å²) < 4.78 is 18.9. The maximum Gasteiger partial charge on any atom is 0.232 e. The van der Waals surface area contributed by atoms with E-state index in [0.717, 1.165) is 23.4 Å². The Morgan fingerprint density at radius 3 is 2.60 bits per heavy atom. The van der Waals surface area contributed by atoms with E-state index in [-0.39, 0.29) is 43.6 Å². The normalized spacial score (nSPS) is 11.8. The van der Waals surface area contributed by atoms with Gasteiger partial charge in [0.1, 0.15) is 11.6 Å². The highest BCUT2D eigenvalue weighted by atomic mass is 32.1. The molecule has 0 unspecified atom stereocenters. The fraction of sp³-hybridized carbons (Fsp3) is 0.286. The van der Waals surface area contributed by atoms with Gasteiger partial charge in [-0.3, -0.25) is 14.9 Å². The van der Waals surface area contributed by atoms with Crippen molar-refractivity contribution in [3.05, 3.63) is 94.2 Å². The Morgan fingerprint density at radius 2 is 1.82 bits per heavy atom. The van der Waals surface area contributed by atoms with Crippen LogP contribution in [0.2, 0.25) is 0 Å². The number of allylic oxidation sites excluding steroid dienone is 3. The summed E-state index contributed by atoms with van der Waals surface area (Å²) >= 11 is 1.30. The molecule has 0 aliphatic carbocycles. The van der Waals surface area contributed by atoms with Crippen molar-refractivity contribution in [2.45, 2.75) is 38.5 Å². The van der Waals surface area contributed by atoms with Crippen LogP contribution < -0.4 is 26.8 Å². The molecule has 10 nitrogen and oxygen atoms in total. The third-order valence-corrected chi connectivity index (χ3v) is 6.43. The maximum atomic E-state index is 13.8. The number of hydrogen-bond donors (Lipinski definition) is 5. The SMILES string of the molecule is N/C(=C\C=C(/[NH3+])NC(=O)Cc1ccccc1)CCCCc1nnc(NC(=O)Cc2ccc(F)c(OCCO)c2)s1. The molecule has 12 heteroatoms. The quantitative estimate of drug-likeness (QED) is 0.138. The lowest BCUT2D eigenvalue weighted by Crippen LogP contribution is -2.55. The van der Waals surface area contributed by atoms with E-state index in [9.17, 15) is 14.0 Å². The molecule has 0 saturated heterocycles. The monoisotopic (exact) mass is 569 g/mol. The number of amides is 2. The zero-order valence-corrected chi connectivity index (χ0v) is 22.9. The number of anilines is 1. The number of hydrogen-bond acceptors (Lipinski definition) is 8. The molecule has 1 aromatic heterocycles. The molecule has 2 amide bonds. The molecule has 212 valence electrons. The minimum Gasteiger partial charge on any atom is -0.488 e. The predicted octanol–water partition coefficient (Wildman–Crippen LogP) is 2.23. The van der Waals surface area contributed by atoms with Crippen LogP contribution in [0.1, 0.15) is 35.4 Å². The number of nitrogens with two attached hydrogens (primary N) is 1. The summed E-state index contributed by atoms with van der Waals surface area (Å²) in [5, 5.41) is 23.6. The van der Waals surface area contributed by atoms with Crippen LogP contribution in [0.5, 0.6) is 5.75 Å². The topological polar surface area (TPSA) is 167 Å². The lowest BCUT2D eigenvalue weighted by Gasteiger charge is -2.08. The van der Waals surface area contributed by atoms with Crippen molar-refractivity contribution in [2.24, 2.45) is 5.73 Å². The molecule has 0 atom stereocenters. The molecule has 0 aliphatic heterocycles. The summed E-state index contributed by atoms with van der Waals surface area (Å²) in [7, 11) is 0. The minimum absolute atomic E-state index is 0.0104. The van der Waals surface area contributed by atoms with E-state index in [0.29, 0.717) is 35.1 Å². The first-order chi connectivity index (χ1) is 19.3. The minimum atomic E-state index is -0.560. The number of ether oxygens (including phenoxy) is 1. The molecule has 8 N–H and O–H groups in total. The van der Waals surface area contributed by atoms with Gasteiger partial charge in [0.2, 0.25) is 22.8 Å². The summed E-state index contributed by atoms with van der Waals surface area (Å²) in [5.41, 5.74) is 12.1. The van der Waals surface area contributed by atoms with E-state index >= 15 is 0 Å². The summed E-state index contributed by atoms with van der Waals surface area (Å²) in [6, 6.07) is 13.6.